The quantitative estimate of drug-likeness (QED) is 0.802. The molecule has 0 atom stereocenters. The van der Waals surface area contributed by atoms with Crippen LogP contribution in [0.15, 0.2) is 24.3 Å². The van der Waals surface area contributed by atoms with E-state index < -0.39 is 22.5 Å². The molecule has 0 aliphatic rings. The van der Waals surface area contributed by atoms with Crippen LogP contribution in [-0.4, -0.2) is 58.6 Å². The largest absolute Gasteiger partial charge is 0.347 e. The Morgan fingerprint density at radius 3 is 2.41 bits per heavy atom. The smallest absolute Gasteiger partial charge is 0.241 e. The van der Waals surface area contributed by atoms with Crippen molar-refractivity contribution < 1.29 is 18.0 Å². The van der Waals surface area contributed by atoms with E-state index in [1.165, 1.54) is 17.0 Å². The molecule has 0 aromatic heterocycles. The average molecular weight is 348 g/mol. The molecule has 0 bridgehead atoms. The maximum atomic E-state index is 11.9. The molecule has 1 N–H and O–H groups in total. The number of carbonyl (C=O) groups is 2. The number of rotatable bonds is 6. The third kappa shape index (κ3) is 5.53. The van der Waals surface area contributed by atoms with Gasteiger partial charge in [0.15, 0.2) is 0 Å². The van der Waals surface area contributed by atoms with E-state index in [0.717, 1.165) is 10.6 Å². The van der Waals surface area contributed by atoms with Crippen LogP contribution in [-0.2, 0) is 19.6 Å². The van der Waals surface area contributed by atoms with Crippen LogP contribution in [0.3, 0.4) is 0 Å². The molecule has 122 valence electrons. The first-order valence-corrected chi connectivity index (χ1v) is 8.54. The fourth-order valence-corrected chi connectivity index (χ4v) is 2.58. The minimum absolute atomic E-state index is 0.195. The van der Waals surface area contributed by atoms with Gasteiger partial charge in [-0.15, -0.1) is 0 Å². The lowest BCUT2D eigenvalue weighted by atomic mass is 10.3. The number of carbonyl (C=O) groups excluding carboxylic acids is 2. The Kier molecular flexibility index (Phi) is 6.19. The van der Waals surface area contributed by atoms with E-state index in [2.05, 4.69) is 5.32 Å². The number of halogens is 1. The highest BCUT2D eigenvalue weighted by atomic mass is 35.5. The van der Waals surface area contributed by atoms with Gasteiger partial charge in [0.05, 0.1) is 18.5 Å². The van der Waals surface area contributed by atoms with Gasteiger partial charge in [0.1, 0.15) is 6.54 Å². The van der Waals surface area contributed by atoms with E-state index in [1.807, 2.05) is 0 Å². The molecule has 0 heterocycles. The zero-order valence-corrected chi connectivity index (χ0v) is 14.1. The Morgan fingerprint density at radius 1 is 1.27 bits per heavy atom. The fourth-order valence-electron chi connectivity index (χ4n) is 1.55. The highest BCUT2D eigenvalue weighted by molar-refractivity contribution is 7.92. The van der Waals surface area contributed by atoms with E-state index in [9.17, 15) is 18.0 Å². The summed E-state index contributed by atoms with van der Waals surface area (Å²) in [6.45, 7) is -0.626. The van der Waals surface area contributed by atoms with Crippen LogP contribution in [0.25, 0.3) is 0 Å². The van der Waals surface area contributed by atoms with E-state index in [-0.39, 0.29) is 18.1 Å². The third-order valence-corrected chi connectivity index (χ3v) is 4.09. The molecule has 0 aliphatic carbocycles. The molecule has 0 spiro atoms. The van der Waals surface area contributed by atoms with Crippen molar-refractivity contribution in [2.75, 3.05) is 37.7 Å². The Balaban J connectivity index is 2.84. The van der Waals surface area contributed by atoms with Gasteiger partial charge in [0, 0.05) is 19.1 Å². The summed E-state index contributed by atoms with van der Waals surface area (Å²) in [6, 6.07) is 6.16. The molecule has 0 radical (unpaired) electrons. The van der Waals surface area contributed by atoms with Crippen molar-refractivity contribution in [2.24, 2.45) is 0 Å². The summed E-state index contributed by atoms with van der Waals surface area (Å²) in [5.41, 5.74) is 0.282. The lowest BCUT2D eigenvalue weighted by molar-refractivity contribution is -0.130. The van der Waals surface area contributed by atoms with Gasteiger partial charge >= 0.3 is 0 Å². The number of nitrogens with one attached hydrogen (secondary N) is 1. The standard InChI is InChI=1S/C13H18ClN3O4S/c1-16(2)13(19)8-15-12(18)9-17(22(3,20)21)11-6-4-5-10(14)7-11/h4-7H,8-9H2,1-3H3,(H,15,18). The lowest BCUT2D eigenvalue weighted by Gasteiger charge is -2.22. The average Bonchev–Trinajstić information content (AvgIpc) is 2.40. The van der Waals surface area contributed by atoms with Crippen LogP contribution < -0.4 is 9.62 Å². The molecule has 0 aliphatic heterocycles. The van der Waals surface area contributed by atoms with Crippen LogP contribution in [0.1, 0.15) is 0 Å². The molecule has 1 aromatic rings. The minimum Gasteiger partial charge on any atom is -0.347 e. The first kappa shape index (κ1) is 18.2. The van der Waals surface area contributed by atoms with Gasteiger partial charge in [-0.3, -0.25) is 13.9 Å². The van der Waals surface area contributed by atoms with Crippen molar-refractivity contribution in [3.8, 4) is 0 Å². The molecular formula is C13H18ClN3O4S. The zero-order chi connectivity index (χ0) is 16.9. The number of nitrogens with zero attached hydrogens (tertiary/aromatic N) is 2. The van der Waals surface area contributed by atoms with Gasteiger partial charge in [0.25, 0.3) is 0 Å². The topological polar surface area (TPSA) is 86.8 Å². The summed E-state index contributed by atoms with van der Waals surface area (Å²) in [5.74, 6) is -0.873. The summed E-state index contributed by atoms with van der Waals surface area (Å²) < 4.78 is 24.6. The van der Waals surface area contributed by atoms with Crippen molar-refractivity contribution >= 4 is 39.1 Å². The Labute approximate surface area is 134 Å². The van der Waals surface area contributed by atoms with Crippen LogP contribution in [0.2, 0.25) is 5.02 Å². The predicted octanol–water partition coefficient (Wildman–Crippen LogP) is 0.310. The fraction of sp³-hybridized carbons (Fsp3) is 0.385. The number of benzene rings is 1. The summed E-state index contributed by atoms with van der Waals surface area (Å²) in [6.07, 6.45) is 0.992. The third-order valence-electron chi connectivity index (χ3n) is 2.72. The van der Waals surface area contributed by atoms with Gasteiger partial charge in [-0.2, -0.15) is 0 Å². The highest BCUT2D eigenvalue weighted by Gasteiger charge is 2.21. The SMILES string of the molecule is CN(C)C(=O)CNC(=O)CN(c1cccc(Cl)c1)S(C)(=O)=O. The van der Waals surface area contributed by atoms with Crippen LogP contribution in [0, 0.1) is 0 Å². The molecule has 0 saturated heterocycles. The van der Waals surface area contributed by atoms with Crippen molar-refractivity contribution in [2.45, 2.75) is 0 Å². The second-order valence-electron chi connectivity index (χ2n) is 4.81. The Bertz CT molecular complexity index is 661. The molecule has 1 aromatic carbocycles. The van der Waals surface area contributed by atoms with Gasteiger partial charge in [-0.1, -0.05) is 17.7 Å². The van der Waals surface area contributed by atoms with Gasteiger partial charge in [-0.25, -0.2) is 8.42 Å². The second-order valence-corrected chi connectivity index (χ2v) is 7.16. The number of anilines is 1. The first-order valence-electron chi connectivity index (χ1n) is 6.31. The number of sulfonamides is 1. The summed E-state index contributed by atoms with van der Waals surface area (Å²) in [7, 11) is -0.549. The van der Waals surface area contributed by atoms with Crippen LogP contribution in [0.4, 0.5) is 5.69 Å². The lowest BCUT2D eigenvalue weighted by Crippen LogP contribution is -2.43. The molecule has 7 nitrogen and oxygen atoms in total. The van der Waals surface area contributed by atoms with Crippen molar-refractivity contribution in [3.63, 3.8) is 0 Å². The molecular weight excluding hydrogens is 330 g/mol. The normalized spacial score (nSPS) is 10.9. The highest BCUT2D eigenvalue weighted by Crippen LogP contribution is 2.21. The maximum Gasteiger partial charge on any atom is 0.241 e. The van der Waals surface area contributed by atoms with Crippen molar-refractivity contribution in [1.29, 1.82) is 0 Å². The van der Waals surface area contributed by atoms with Crippen molar-refractivity contribution in [1.82, 2.24) is 10.2 Å². The Morgan fingerprint density at radius 2 is 1.91 bits per heavy atom. The Hall–Kier alpha value is -1.80. The predicted molar refractivity (Wildman–Crippen MR) is 85.3 cm³/mol. The first-order chi connectivity index (χ1) is 10.1. The number of hydrogen-bond donors (Lipinski definition) is 1. The van der Waals surface area contributed by atoms with Gasteiger partial charge in [-0.05, 0) is 18.2 Å². The molecule has 22 heavy (non-hydrogen) atoms. The van der Waals surface area contributed by atoms with E-state index in [4.69, 9.17) is 11.6 Å². The molecule has 0 saturated carbocycles. The molecule has 9 heteroatoms. The molecule has 0 fully saturated rings. The van der Waals surface area contributed by atoms with E-state index >= 15 is 0 Å². The van der Waals surface area contributed by atoms with E-state index in [0.29, 0.717) is 5.02 Å². The number of amides is 2. The zero-order valence-electron chi connectivity index (χ0n) is 12.5. The summed E-state index contributed by atoms with van der Waals surface area (Å²) >= 11 is 5.84. The van der Waals surface area contributed by atoms with Crippen LogP contribution in [0.5, 0.6) is 0 Å². The minimum atomic E-state index is -3.67. The van der Waals surface area contributed by atoms with E-state index in [1.54, 1.807) is 26.2 Å². The molecule has 2 amide bonds. The number of likely N-dealkylation sites (N-methyl/N-ethyl adjacent to an activating group) is 1. The monoisotopic (exact) mass is 347 g/mol. The van der Waals surface area contributed by atoms with Gasteiger partial charge < -0.3 is 10.2 Å². The van der Waals surface area contributed by atoms with Crippen molar-refractivity contribution in [3.05, 3.63) is 29.3 Å². The number of hydrogen-bond acceptors (Lipinski definition) is 4. The van der Waals surface area contributed by atoms with Crippen LogP contribution >= 0.6 is 11.6 Å². The second kappa shape index (κ2) is 7.46. The van der Waals surface area contributed by atoms with Gasteiger partial charge in [0.2, 0.25) is 21.8 Å². The molecule has 0 unspecified atom stereocenters. The molecule has 1 rings (SSSR count). The summed E-state index contributed by atoms with van der Waals surface area (Å²) in [5, 5.41) is 2.74. The maximum absolute atomic E-state index is 11.9. The summed E-state index contributed by atoms with van der Waals surface area (Å²) in [4.78, 5) is 24.6.